The fourth-order valence-corrected chi connectivity index (χ4v) is 2.75. The fraction of sp³-hybridized carbons (Fsp3) is 0.364. The number of guanidine groups is 1. The van der Waals surface area contributed by atoms with Crippen molar-refractivity contribution < 1.29 is 9.53 Å². The van der Waals surface area contributed by atoms with E-state index in [1.807, 2.05) is 67.5 Å². The lowest BCUT2D eigenvalue weighted by Gasteiger charge is -2.14. The molecule has 0 fully saturated rings. The third-order valence-electron chi connectivity index (χ3n) is 4.36. The van der Waals surface area contributed by atoms with Crippen molar-refractivity contribution in [1.29, 1.82) is 0 Å². The largest absolute Gasteiger partial charge is 0.496 e. The van der Waals surface area contributed by atoms with E-state index in [0.717, 1.165) is 23.4 Å². The minimum atomic E-state index is -0.0626. The minimum absolute atomic E-state index is 0.0626. The van der Waals surface area contributed by atoms with Gasteiger partial charge < -0.3 is 25.6 Å². The molecule has 0 aliphatic carbocycles. The highest BCUT2D eigenvalue weighted by atomic mass is 16.5. The van der Waals surface area contributed by atoms with Gasteiger partial charge in [-0.15, -0.1) is 0 Å². The molecule has 0 atom stereocenters. The maximum atomic E-state index is 12.3. The molecule has 0 aliphatic heterocycles. The topological polar surface area (TPSA) is 78.0 Å². The number of hydrogen-bond donors (Lipinski definition) is 3. The third-order valence-corrected chi connectivity index (χ3v) is 4.36. The van der Waals surface area contributed by atoms with Gasteiger partial charge in [0.25, 0.3) is 5.91 Å². The zero-order valence-electron chi connectivity index (χ0n) is 17.7. The van der Waals surface area contributed by atoms with Crippen LogP contribution in [0.25, 0.3) is 0 Å². The van der Waals surface area contributed by atoms with Crippen LogP contribution in [0.4, 0.5) is 0 Å². The first-order valence-electron chi connectivity index (χ1n) is 9.61. The van der Waals surface area contributed by atoms with E-state index in [4.69, 9.17) is 4.74 Å². The SMILES string of the molecule is CN=C(NCc1cccc(C(=O)NCCN(C)C)c1)NCc1ccccc1OC. The molecule has 2 rings (SSSR count). The number of nitrogens with zero attached hydrogens (tertiary/aromatic N) is 2. The first kappa shape index (κ1) is 22.2. The Hall–Kier alpha value is -3.06. The number of rotatable bonds is 9. The van der Waals surface area contributed by atoms with Gasteiger partial charge in [0.15, 0.2) is 5.96 Å². The zero-order chi connectivity index (χ0) is 21.1. The number of hydrogen-bond acceptors (Lipinski definition) is 4. The molecule has 1 amide bonds. The number of amides is 1. The van der Waals surface area contributed by atoms with Crippen molar-refractivity contribution in [2.24, 2.45) is 4.99 Å². The van der Waals surface area contributed by atoms with Gasteiger partial charge in [-0.05, 0) is 37.9 Å². The average Bonchev–Trinajstić information content (AvgIpc) is 2.74. The van der Waals surface area contributed by atoms with Gasteiger partial charge in [0.05, 0.1) is 7.11 Å². The lowest BCUT2D eigenvalue weighted by atomic mass is 10.1. The van der Waals surface area contributed by atoms with Crippen LogP contribution in [0.15, 0.2) is 53.5 Å². The first-order valence-corrected chi connectivity index (χ1v) is 9.61. The maximum absolute atomic E-state index is 12.3. The molecule has 0 aliphatic rings. The second kappa shape index (κ2) is 11.7. The smallest absolute Gasteiger partial charge is 0.251 e. The van der Waals surface area contributed by atoms with Crippen molar-refractivity contribution in [3.05, 3.63) is 65.2 Å². The Bertz CT molecular complexity index is 820. The molecule has 0 radical (unpaired) electrons. The number of nitrogens with one attached hydrogen (secondary N) is 3. The van der Waals surface area contributed by atoms with Crippen LogP contribution < -0.4 is 20.7 Å². The molecule has 0 unspecified atom stereocenters. The summed E-state index contributed by atoms with van der Waals surface area (Å²) in [4.78, 5) is 18.6. The van der Waals surface area contributed by atoms with Gasteiger partial charge in [-0.2, -0.15) is 0 Å². The summed E-state index contributed by atoms with van der Waals surface area (Å²) in [6.45, 7) is 2.58. The van der Waals surface area contributed by atoms with Crippen LogP contribution in [0, 0.1) is 0 Å². The molecule has 2 aromatic rings. The molecule has 0 spiro atoms. The first-order chi connectivity index (χ1) is 14.0. The van der Waals surface area contributed by atoms with Crippen LogP contribution in [0.5, 0.6) is 5.75 Å². The molecule has 0 heterocycles. The summed E-state index contributed by atoms with van der Waals surface area (Å²) in [7, 11) is 7.35. The highest BCUT2D eigenvalue weighted by molar-refractivity contribution is 5.94. The Kier molecular flexibility index (Phi) is 8.98. The molecule has 0 aromatic heterocycles. The van der Waals surface area contributed by atoms with Crippen molar-refractivity contribution in [3.63, 3.8) is 0 Å². The highest BCUT2D eigenvalue weighted by Gasteiger charge is 2.07. The number of likely N-dealkylation sites (N-methyl/N-ethyl adjacent to an activating group) is 1. The van der Waals surface area contributed by atoms with Crippen LogP contribution >= 0.6 is 0 Å². The summed E-state index contributed by atoms with van der Waals surface area (Å²) < 4.78 is 5.38. The molecule has 3 N–H and O–H groups in total. The molecule has 0 bridgehead atoms. The summed E-state index contributed by atoms with van der Waals surface area (Å²) >= 11 is 0. The number of aliphatic imine (C=N–C) groups is 1. The number of carbonyl (C=O) groups excluding carboxylic acids is 1. The van der Waals surface area contributed by atoms with E-state index in [-0.39, 0.29) is 5.91 Å². The Morgan fingerprint density at radius 1 is 1.03 bits per heavy atom. The average molecular weight is 398 g/mol. The van der Waals surface area contributed by atoms with Gasteiger partial charge in [0.1, 0.15) is 5.75 Å². The third kappa shape index (κ3) is 7.46. The summed E-state index contributed by atoms with van der Waals surface area (Å²) in [5.74, 6) is 1.45. The summed E-state index contributed by atoms with van der Waals surface area (Å²) in [6, 6.07) is 15.5. The molecule has 0 saturated carbocycles. The zero-order valence-corrected chi connectivity index (χ0v) is 17.7. The van der Waals surface area contributed by atoms with E-state index >= 15 is 0 Å². The van der Waals surface area contributed by atoms with Gasteiger partial charge in [-0.25, -0.2) is 0 Å². The van der Waals surface area contributed by atoms with E-state index in [9.17, 15) is 4.79 Å². The van der Waals surface area contributed by atoms with Crippen molar-refractivity contribution in [2.75, 3.05) is 41.3 Å². The molecule has 7 heteroatoms. The van der Waals surface area contributed by atoms with E-state index in [1.54, 1.807) is 14.2 Å². The number of carbonyl (C=O) groups is 1. The number of para-hydroxylation sites is 1. The molecule has 7 nitrogen and oxygen atoms in total. The lowest BCUT2D eigenvalue weighted by Crippen LogP contribution is -2.36. The van der Waals surface area contributed by atoms with Crippen LogP contribution in [-0.4, -0.2) is 58.1 Å². The number of benzene rings is 2. The Morgan fingerprint density at radius 2 is 1.79 bits per heavy atom. The van der Waals surface area contributed by atoms with Gasteiger partial charge in [0.2, 0.25) is 0 Å². The predicted octanol–water partition coefficient (Wildman–Crippen LogP) is 1.85. The van der Waals surface area contributed by atoms with Gasteiger partial charge in [-0.1, -0.05) is 30.3 Å². The fourth-order valence-electron chi connectivity index (χ4n) is 2.75. The van der Waals surface area contributed by atoms with Crippen molar-refractivity contribution >= 4 is 11.9 Å². The molecular weight excluding hydrogens is 366 g/mol. The quantitative estimate of drug-likeness (QED) is 0.445. The normalized spacial score (nSPS) is 11.3. The van der Waals surface area contributed by atoms with Crippen LogP contribution in [0.3, 0.4) is 0 Å². The van der Waals surface area contributed by atoms with Gasteiger partial charge >= 0.3 is 0 Å². The summed E-state index contributed by atoms with van der Waals surface area (Å²) in [5, 5.41) is 9.49. The van der Waals surface area contributed by atoms with Crippen LogP contribution in [0.1, 0.15) is 21.5 Å². The van der Waals surface area contributed by atoms with Crippen LogP contribution in [-0.2, 0) is 13.1 Å². The van der Waals surface area contributed by atoms with E-state index in [1.165, 1.54) is 0 Å². The van der Waals surface area contributed by atoms with E-state index < -0.39 is 0 Å². The molecule has 156 valence electrons. The van der Waals surface area contributed by atoms with Crippen molar-refractivity contribution in [2.45, 2.75) is 13.1 Å². The molecule has 29 heavy (non-hydrogen) atoms. The summed E-state index contributed by atoms with van der Waals surface area (Å²) in [6.07, 6.45) is 0. The minimum Gasteiger partial charge on any atom is -0.496 e. The second-order valence-corrected chi connectivity index (χ2v) is 6.85. The van der Waals surface area contributed by atoms with E-state index in [2.05, 4.69) is 20.9 Å². The predicted molar refractivity (Wildman–Crippen MR) is 117 cm³/mol. The Labute approximate surface area is 173 Å². The van der Waals surface area contributed by atoms with Crippen molar-refractivity contribution in [1.82, 2.24) is 20.9 Å². The second-order valence-electron chi connectivity index (χ2n) is 6.85. The summed E-state index contributed by atoms with van der Waals surface area (Å²) in [5.41, 5.74) is 2.71. The van der Waals surface area contributed by atoms with Crippen LogP contribution in [0.2, 0.25) is 0 Å². The number of ether oxygens (including phenoxy) is 1. The van der Waals surface area contributed by atoms with Gasteiger partial charge in [-0.3, -0.25) is 9.79 Å². The molecule has 0 saturated heterocycles. The Balaban J connectivity index is 1.88. The molecular formula is C22H31N5O2. The standard InChI is InChI=1S/C22H31N5O2/c1-23-22(26-16-19-9-5-6-11-20(19)29-4)25-15-17-8-7-10-18(14-17)21(28)24-12-13-27(2)3/h5-11,14H,12-13,15-16H2,1-4H3,(H,24,28)(H2,23,25,26). The maximum Gasteiger partial charge on any atom is 0.251 e. The molecule has 2 aromatic carbocycles. The lowest BCUT2D eigenvalue weighted by molar-refractivity contribution is 0.0951. The van der Waals surface area contributed by atoms with E-state index in [0.29, 0.717) is 31.2 Å². The van der Waals surface area contributed by atoms with Crippen molar-refractivity contribution in [3.8, 4) is 5.75 Å². The van der Waals surface area contributed by atoms with Gasteiger partial charge in [0, 0.05) is 44.4 Å². The number of methoxy groups -OCH3 is 1. The highest BCUT2D eigenvalue weighted by Crippen LogP contribution is 2.16. The monoisotopic (exact) mass is 397 g/mol. The Morgan fingerprint density at radius 3 is 2.52 bits per heavy atom.